The molecule has 0 bridgehead atoms. The Balaban J connectivity index is 0.000000122. The van der Waals surface area contributed by atoms with E-state index in [1.165, 1.54) is 72.3 Å². The number of ether oxygens (including phenoxy) is 2. The van der Waals surface area contributed by atoms with Crippen LogP contribution in [0, 0.1) is 0 Å². The van der Waals surface area contributed by atoms with Gasteiger partial charge in [-0.15, -0.1) is 0 Å². The number of rotatable bonds is 2. The van der Waals surface area contributed by atoms with Crippen molar-refractivity contribution in [1.82, 2.24) is 0 Å². The van der Waals surface area contributed by atoms with Crippen molar-refractivity contribution in [2.24, 2.45) is 0 Å². The van der Waals surface area contributed by atoms with Crippen LogP contribution in [0.5, 0.6) is 11.5 Å². The molecule has 2 heteroatoms. The molecule has 2 aliphatic carbocycles. The zero-order valence-electron chi connectivity index (χ0n) is 17.4. The Hall–Kier alpha value is -1.96. The molecule has 6 rings (SSSR count). The van der Waals surface area contributed by atoms with Crippen LogP contribution in [-0.4, -0.2) is 13.2 Å². The molecular formula is C26H32O2. The minimum absolute atomic E-state index is 0.417. The fourth-order valence-corrected chi connectivity index (χ4v) is 5.36. The maximum absolute atomic E-state index is 5.88. The topological polar surface area (TPSA) is 18.5 Å². The van der Waals surface area contributed by atoms with Gasteiger partial charge in [0, 0.05) is 22.0 Å². The highest BCUT2D eigenvalue weighted by atomic mass is 16.5. The monoisotopic (exact) mass is 376 g/mol. The third-order valence-electron chi connectivity index (χ3n) is 7.58. The lowest BCUT2D eigenvalue weighted by Crippen LogP contribution is -2.35. The van der Waals surface area contributed by atoms with Crippen LogP contribution in [0.4, 0.5) is 0 Å². The van der Waals surface area contributed by atoms with Gasteiger partial charge in [-0.05, 0) is 56.1 Å². The smallest absolute Gasteiger partial charge is 0.126 e. The molecule has 0 N–H and O–H groups in total. The van der Waals surface area contributed by atoms with Gasteiger partial charge in [0.2, 0.25) is 0 Å². The first-order valence-corrected chi connectivity index (χ1v) is 11.2. The van der Waals surface area contributed by atoms with E-state index >= 15 is 0 Å². The van der Waals surface area contributed by atoms with Crippen molar-refractivity contribution in [3.63, 3.8) is 0 Å². The van der Waals surface area contributed by atoms with Crippen molar-refractivity contribution in [2.75, 3.05) is 13.2 Å². The van der Waals surface area contributed by atoms with Crippen LogP contribution in [0.3, 0.4) is 0 Å². The van der Waals surface area contributed by atoms with E-state index in [0.29, 0.717) is 10.8 Å². The van der Waals surface area contributed by atoms with Crippen LogP contribution in [0.25, 0.3) is 0 Å². The maximum Gasteiger partial charge on any atom is 0.126 e. The third-order valence-corrected chi connectivity index (χ3v) is 7.58. The van der Waals surface area contributed by atoms with Gasteiger partial charge in [-0.1, -0.05) is 56.7 Å². The van der Waals surface area contributed by atoms with Gasteiger partial charge in [-0.3, -0.25) is 0 Å². The molecule has 2 spiro atoms. The second-order valence-electron chi connectivity index (χ2n) is 9.10. The van der Waals surface area contributed by atoms with Crippen LogP contribution in [0.15, 0.2) is 36.4 Å². The van der Waals surface area contributed by atoms with Gasteiger partial charge in [0.1, 0.15) is 11.5 Å². The number of benzene rings is 2. The predicted octanol–water partition coefficient (Wildman–Crippen LogP) is 6.13. The van der Waals surface area contributed by atoms with Gasteiger partial charge in [0.05, 0.1) is 13.2 Å². The summed E-state index contributed by atoms with van der Waals surface area (Å²) >= 11 is 0. The first-order chi connectivity index (χ1) is 13.7. The van der Waals surface area contributed by atoms with E-state index in [0.717, 1.165) is 26.1 Å². The standard InChI is InChI=1S/2C13H16O/c1-2-10-5-3-6-11-12(10)14-9-13(11)7-4-8-13;1-2-10-4-3-5-11-12(10)14-9-8-13(11)6-7-13/h3,5-6H,2,4,7-9H2,1H3;3-5H,2,6-9H2,1H3. The molecule has 2 fully saturated rings. The Kier molecular flexibility index (Phi) is 4.41. The van der Waals surface area contributed by atoms with Gasteiger partial charge in [-0.2, -0.15) is 0 Å². The van der Waals surface area contributed by atoms with Crippen LogP contribution in [0.2, 0.25) is 0 Å². The largest absolute Gasteiger partial charge is 0.493 e. The summed E-state index contributed by atoms with van der Waals surface area (Å²) in [6.07, 6.45) is 10.2. The normalized spacial score (nSPS) is 21.5. The van der Waals surface area contributed by atoms with Gasteiger partial charge in [0.25, 0.3) is 0 Å². The molecule has 2 aromatic carbocycles. The Morgan fingerprint density at radius 3 is 1.86 bits per heavy atom. The van der Waals surface area contributed by atoms with Crippen LogP contribution >= 0.6 is 0 Å². The molecule has 0 amide bonds. The maximum atomic E-state index is 5.88. The molecule has 0 radical (unpaired) electrons. The number of hydrogen-bond acceptors (Lipinski definition) is 2. The van der Waals surface area contributed by atoms with Crippen molar-refractivity contribution in [2.45, 2.75) is 76.0 Å². The molecular weight excluding hydrogens is 344 g/mol. The fraction of sp³-hybridized carbons (Fsp3) is 0.538. The zero-order chi connectivity index (χ0) is 19.2. The van der Waals surface area contributed by atoms with Crippen molar-refractivity contribution >= 4 is 0 Å². The van der Waals surface area contributed by atoms with Gasteiger partial charge in [0.15, 0.2) is 0 Å². The second-order valence-corrected chi connectivity index (χ2v) is 9.10. The number of para-hydroxylation sites is 2. The molecule has 2 aliphatic heterocycles. The lowest BCUT2D eigenvalue weighted by molar-refractivity contribution is 0.177. The minimum atomic E-state index is 0.417. The van der Waals surface area contributed by atoms with E-state index in [9.17, 15) is 0 Å². The van der Waals surface area contributed by atoms with Crippen molar-refractivity contribution in [1.29, 1.82) is 0 Å². The molecule has 2 aromatic rings. The molecule has 0 atom stereocenters. The van der Waals surface area contributed by atoms with Crippen LogP contribution in [-0.2, 0) is 23.7 Å². The quantitative estimate of drug-likeness (QED) is 0.628. The summed E-state index contributed by atoms with van der Waals surface area (Å²) in [5.74, 6) is 2.41. The molecule has 2 heterocycles. The Morgan fingerprint density at radius 1 is 0.714 bits per heavy atom. The third kappa shape index (κ3) is 2.76. The molecule has 0 aromatic heterocycles. The average Bonchev–Trinajstić information content (AvgIpc) is 3.35. The summed E-state index contributed by atoms with van der Waals surface area (Å²) in [5.41, 5.74) is 6.69. The Morgan fingerprint density at radius 2 is 1.32 bits per heavy atom. The Bertz CT molecular complexity index is 874. The summed E-state index contributed by atoms with van der Waals surface area (Å²) in [4.78, 5) is 0. The van der Waals surface area contributed by atoms with E-state index in [1.54, 1.807) is 0 Å². The Labute approximate surface area is 169 Å². The fourth-order valence-electron chi connectivity index (χ4n) is 5.36. The van der Waals surface area contributed by atoms with E-state index in [2.05, 4.69) is 50.2 Å². The lowest BCUT2D eigenvalue weighted by atomic mass is 9.66. The SMILES string of the molecule is CCc1cccc2c1OCC21CCC1.CCc1cccc2c1OCCC21CC1. The van der Waals surface area contributed by atoms with E-state index in [-0.39, 0.29) is 0 Å². The van der Waals surface area contributed by atoms with Crippen molar-refractivity contribution in [3.05, 3.63) is 58.7 Å². The molecule has 28 heavy (non-hydrogen) atoms. The highest BCUT2D eigenvalue weighted by Gasteiger charge is 2.48. The first kappa shape index (κ1) is 18.1. The van der Waals surface area contributed by atoms with E-state index in [4.69, 9.17) is 9.47 Å². The summed E-state index contributed by atoms with van der Waals surface area (Å²) in [5, 5.41) is 0. The molecule has 0 unspecified atom stereocenters. The number of aryl methyl sites for hydroxylation is 2. The average molecular weight is 377 g/mol. The van der Waals surface area contributed by atoms with Crippen molar-refractivity contribution in [3.8, 4) is 11.5 Å². The second kappa shape index (κ2) is 6.83. The van der Waals surface area contributed by atoms with Crippen molar-refractivity contribution < 1.29 is 9.47 Å². The molecule has 0 saturated heterocycles. The number of fused-ring (bicyclic) bond motifs is 4. The van der Waals surface area contributed by atoms with Gasteiger partial charge >= 0.3 is 0 Å². The molecule has 148 valence electrons. The minimum Gasteiger partial charge on any atom is -0.493 e. The molecule has 2 saturated carbocycles. The number of hydrogen-bond donors (Lipinski definition) is 0. The van der Waals surface area contributed by atoms with E-state index < -0.39 is 0 Å². The predicted molar refractivity (Wildman–Crippen MR) is 114 cm³/mol. The summed E-state index contributed by atoms with van der Waals surface area (Å²) in [6.45, 7) is 6.25. The van der Waals surface area contributed by atoms with Crippen LogP contribution in [0.1, 0.15) is 74.6 Å². The zero-order valence-corrected chi connectivity index (χ0v) is 17.4. The summed E-state index contributed by atoms with van der Waals surface area (Å²) in [7, 11) is 0. The first-order valence-electron chi connectivity index (χ1n) is 11.2. The highest BCUT2D eigenvalue weighted by molar-refractivity contribution is 5.51. The van der Waals surface area contributed by atoms with Crippen LogP contribution < -0.4 is 9.47 Å². The van der Waals surface area contributed by atoms with Gasteiger partial charge < -0.3 is 9.47 Å². The highest BCUT2D eigenvalue weighted by Crippen LogP contribution is 2.56. The summed E-state index contributed by atoms with van der Waals surface area (Å²) < 4.78 is 11.7. The van der Waals surface area contributed by atoms with Gasteiger partial charge in [-0.25, -0.2) is 0 Å². The van der Waals surface area contributed by atoms with E-state index in [1.807, 2.05) is 0 Å². The summed E-state index contributed by atoms with van der Waals surface area (Å²) in [6, 6.07) is 13.3. The molecule has 2 nitrogen and oxygen atoms in total. The molecule has 4 aliphatic rings. The lowest BCUT2D eigenvalue weighted by Gasteiger charge is -2.36.